The normalized spacial score (nSPS) is 10.1. The number of nitrogens with two attached hydrogens (primary N) is 1. The van der Waals surface area contributed by atoms with Gasteiger partial charge in [0, 0.05) is 26.1 Å². The van der Waals surface area contributed by atoms with Crippen LogP contribution in [0, 0.1) is 0 Å². The lowest BCUT2D eigenvalue weighted by Crippen LogP contribution is -2.23. The number of likely N-dealkylation sites (N-methyl/N-ethyl adjacent to an activating group) is 1. The summed E-state index contributed by atoms with van der Waals surface area (Å²) in [5.74, 6) is 7.37. The minimum atomic E-state index is 0.0906. The molecule has 0 unspecified atom stereocenters. The van der Waals surface area contributed by atoms with E-state index >= 15 is 0 Å². The summed E-state index contributed by atoms with van der Waals surface area (Å²) >= 11 is 0. The minimum Gasteiger partial charge on any atom is -0.395 e. The fourth-order valence-electron chi connectivity index (χ4n) is 1.18. The molecular weight excluding hydrogens is 194 g/mol. The van der Waals surface area contributed by atoms with Gasteiger partial charge < -0.3 is 15.4 Å². The summed E-state index contributed by atoms with van der Waals surface area (Å²) in [5, 5.41) is 8.83. The van der Waals surface area contributed by atoms with Crippen LogP contribution in [0.2, 0.25) is 0 Å². The maximum atomic E-state index is 8.83. The van der Waals surface area contributed by atoms with Crippen LogP contribution in [-0.2, 0) is 6.42 Å². The van der Waals surface area contributed by atoms with E-state index in [0.717, 1.165) is 18.1 Å². The zero-order chi connectivity index (χ0) is 11.3. The van der Waals surface area contributed by atoms with Crippen LogP contribution in [0.1, 0.15) is 12.7 Å². The van der Waals surface area contributed by atoms with Crippen molar-refractivity contribution in [1.82, 2.24) is 9.97 Å². The number of aryl methyl sites for hydroxylation is 1. The Balaban J connectivity index is 2.95. The monoisotopic (exact) mass is 211 g/mol. The van der Waals surface area contributed by atoms with Gasteiger partial charge in [-0.05, 0) is 0 Å². The Bertz CT molecular complexity index is 295. The number of rotatable bonds is 5. The van der Waals surface area contributed by atoms with Gasteiger partial charge in [-0.1, -0.05) is 6.92 Å². The number of aliphatic hydroxyl groups excluding tert-OH is 1. The molecule has 0 saturated heterocycles. The van der Waals surface area contributed by atoms with Gasteiger partial charge in [0.05, 0.1) is 6.61 Å². The van der Waals surface area contributed by atoms with Crippen LogP contribution in [-0.4, -0.2) is 35.3 Å². The quantitative estimate of drug-likeness (QED) is 0.460. The van der Waals surface area contributed by atoms with Crippen LogP contribution in [0.3, 0.4) is 0 Å². The summed E-state index contributed by atoms with van der Waals surface area (Å²) in [6, 6.07) is 1.74. The zero-order valence-corrected chi connectivity index (χ0v) is 9.06. The van der Waals surface area contributed by atoms with Gasteiger partial charge in [-0.15, -0.1) is 0 Å². The maximum absolute atomic E-state index is 8.83. The SMILES string of the molecule is CCc1nc(NN)cc(N(C)CCO)n1. The highest BCUT2D eigenvalue weighted by molar-refractivity contribution is 5.48. The summed E-state index contributed by atoms with van der Waals surface area (Å²) in [6.07, 6.45) is 0.746. The van der Waals surface area contributed by atoms with E-state index in [2.05, 4.69) is 15.4 Å². The van der Waals surface area contributed by atoms with Crippen molar-refractivity contribution in [2.24, 2.45) is 5.84 Å². The van der Waals surface area contributed by atoms with Gasteiger partial charge in [0.25, 0.3) is 0 Å². The van der Waals surface area contributed by atoms with Gasteiger partial charge >= 0.3 is 0 Å². The number of hydrogen-bond donors (Lipinski definition) is 3. The van der Waals surface area contributed by atoms with E-state index in [9.17, 15) is 0 Å². The molecule has 0 aromatic carbocycles. The molecule has 6 nitrogen and oxygen atoms in total. The second-order valence-electron chi connectivity index (χ2n) is 3.17. The highest BCUT2D eigenvalue weighted by atomic mass is 16.3. The standard InChI is InChI=1S/C9H17N5O/c1-3-7-11-8(13-10)6-9(12-7)14(2)4-5-15/h6,15H,3-5,10H2,1-2H3,(H,11,12,13). The number of anilines is 2. The molecule has 1 heterocycles. The summed E-state index contributed by atoms with van der Waals surface area (Å²) in [5.41, 5.74) is 2.50. The number of aromatic nitrogens is 2. The number of hydrogen-bond acceptors (Lipinski definition) is 6. The molecule has 15 heavy (non-hydrogen) atoms. The molecule has 0 aliphatic heterocycles. The zero-order valence-electron chi connectivity index (χ0n) is 9.06. The van der Waals surface area contributed by atoms with E-state index in [4.69, 9.17) is 10.9 Å². The van der Waals surface area contributed by atoms with E-state index in [-0.39, 0.29) is 6.61 Å². The molecule has 1 rings (SSSR count). The van der Waals surface area contributed by atoms with Gasteiger partial charge in [-0.3, -0.25) is 0 Å². The molecule has 84 valence electrons. The van der Waals surface area contributed by atoms with Gasteiger partial charge in [0.15, 0.2) is 0 Å². The first kappa shape index (κ1) is 11.7. The molecule has 0 aliphatic rings. The molecule has 0 fully saturated rings. The van der Waals surface area contributed by atoms with E-state index in [1.54, 1.807) is 6.07 Å². The van der Waals surface area contributed by atoms with Crippen LogP contribution in [0.25, 0.3) is 0 Å². The Morgan fingerprint density at radius 2 is 2.27 bits per heavy atom. The van der Waals surface area contributed by atoms with E-state index in [0.29, 0.717) is 12.4 Å². The van der Waals surface area contributed by atoms with Gasteiger partial charge in [0.1, 0.15) is 17.5 Å². The topological polar surface area (TPSA) is 87.3 Å². The summed E-state index contributed by atoms with van der Waals surface area (Å²) in [7, 11) is 1.86. The molecule has 0 saturated carbocycles. The lowest BCUT2D eigenvalue weighted by molar-refractivity contribution is 0.304. The number of nitrogens with zero attached hydrogens (tertiary/aromatic N) is 3. The van der Waals surface area contributed by atoms with Crippen LogP contribution in [0.4, 0.5) is 11.6 Å². The number of nitrogens with one attached hydrogen (secondary N) is 1. The lowest BCUT2D eigenvalue weighted by Gasteiger charge is -2.17. The van der Waals surface area contributed by atoms with E-state index in [1.165, 1.54) is 0 Å². The van der Waals surface area contributed by atoms with E-state index < -0.39 is 0 Å². The maximum Gasteiger partial charge on any atom is 0.145 e. The molecule has 0 atom stereocenters. The fraction of sp³-hybridized carbons (Fsp3) is 0.556. The molecule has 0 aliphatic carbocycles. The van der Waals surface area contributed by atoms with Crippen LogP contribution < -0.4 is 16.2 Å². The van der Waals surface area contributed by atoms with Crippen molar-refractivity contribution in [1.29, 1.82) is 0 Å². The van der Waals surface area contributed by atoms with Crippen LogP contribution >= 0.6 is 0 Å². The molecule has 1 aromatic heterocycles. The third-order valence-electron chi connectivity index (χ3n) is 2.05. The van der Waals surface area contributed by atoms with Crippen LogP contribution in [0.5, 0.6) is 0 Å². The number of hydrazine groups is 1. The summed E-state index contributed by atoms with van der Waals surface area (Å²) < 4.78 is 0. The fourth-order valence-corrected chi connectivity index (χ4v) is 1.18. The first-order chi connectivity index (χ1) is 7.21. The minimum absolute atomic E-state index is 0.0906. The Kier molecular flexibility index (Phi) is 4.26. The first-order valence-electron chi connectivity index (χ1n) is 4.87. The third kappa shape index (κ3) is 3.03. The van der Waals surface area contributed by atoms with Crippen molar-refractivity contribution >= 4 is 11.6 Å². The molecule has 0 radical (unpaired) electrons. The van der Waals surface area contributed by atoms with Crippen molar-refractivity contribution in [2.45, 2.75) is 13.3 Å². The molecule has 6 heteroatoms. The van der Waals surface area contributed by atoms with Gasteiger partial charge in [-0.25, -0.2) is 15.8 Å². The average Bonchev–Trinajstić information content (AvgIpc) is 2.28. The first-order valence-corrected chi connectivity index (χ1v) is 4.87. The largest absolute Gasteiger partial charge is 0.395 e. The Morgan fingerprint density at radius 1 is 1.53 bits per heavy atom. The molecule has 0 bridgehead atoms. The summed E-state index contributed by atoms with van der Waals surface area (Å²) in [6.45, 7) is 2.60. The number of nitrogen functional groups attached to an aromatic ring is 1. The van der Waals surface area contributed by atoms with Crippen molar-refractivity contribution in [2.75, 3.05) is 30.5 Å². The second-order valence-corrected chi connectivity index (χ2v) is 3.17. The molecule has 0 spiro atoms. The second kappa shape index (κ2) is 5.47. The Labute approximate surface area is 89.1 Å². The summed E-state index contributed by atoms with van der Waals surface area (Å²) in [4.78, 5) is 10.4. The smallest absolute Gasteiger partial charge is 0.145 e. The van der Waals surface area contributed by atoms with Crippen molar-refractivity contribution in [3.8, 4) is 0 Å². The predicted molar refractivity (Wildman–Crippen MR) is 59.6 cm³/mol. The van der Waals surface area contributed by atoms with Gasteiger partial charge in [0.2, 0.25) is 0 Å². The Morgan fingerprint density at radius 3 is 2.80 bits per heavy atom. The Hall–Kier alpha value is -1.40. The van der Waals surface area contributed by atoms with Crippen LogP contribution in [0.15, 0.2) is 6.07 Å². The lowest BCUT2D eigenvalue weighted by atomic mass is 10.4. The molecule has 0 amide bonds. The highest BCUT2D eigenvalue weighted by Gasteiger charge is 2.06. The molecule has 4 N–H and O–H groups in total. The van der Waals surface area contributed by atoms with Crippen molar-refractivity contribution in [3.05, 3.63) is 11.9 Å². The van der Waals surface area contributed by atoms with Crippen molar-refractivity contribution in [3.63, 3.8) is 0 Å². The third-order valence-corrected chi connectivity index (χ3v) is 2.05. The number of aliphatic hydroxyl groups is 1. The van der Waals surface area contributed by atoms with Gasteiger partial charge in [-0.2, -0.15) is 0 Å². The molecular formula is C9H17N5O. The van der Waals surface area contributed by atoms with Crippen molar-refractivity contribution < 1.29 is 5.11 Å². The average molecular weight is 211 g/mol. The molecule has 1 aromatic rings. The van der Waals surface area contributed by atoms with E-state index in [1.807, 2.05) is 18.9 Å². The predicted octanol–water partition coefficient (Wildman–Crippen LogP) is -0.247. The highest BCUT2D eigenvalue weighted by Crippen LogP contribution is 2.13.